The first-order chi connectivity index (χ1) is 15.1. The van der Waals surface area contributed by atoms with Crippen LogP contribution in [0.5, 0.6) is 5.75 Å². The van der Waals surface area contributed by atoms with E-state index in [0.717, 1.165) is 34.1 Å². The fourth-order valence-electron chi connectivity index (χ4n) is 3.50. The monoisotopic (exact) mass is 416 g/mol. The predicted molar refractivity (Wildman–Crippen MR) is 117 cm³/mol. The van der Waals surface area contributed by atoms with E-state index in [1.807, 2.05) is 61.0 Å². The van der Waals surface area contributed by atoms with Crippen molar-refractivity contribution in [1.29, 1.82) is 0 Å². The minimum Gasteiger partial charge on any atom is -0.497 e. The third-order valence-corrected chi connectivity index (χ3v) is 5.16. The molecule has 0 saturated carbocycles. The Kier molecular flexibility index (Phi) is 5.79. The molecule has 0 aliphatic rings. The Bertz CT molecular complexity index is 1200. The zero-order valence-electron chi connectivity index (χ0n) is 17.7. The number of H-pyrrole nitrogens is 1. The summed E-state index contributed by atoms with van der Waals surface area (Å²) in [5.41, 5.74) is 5.03. The number of hydrogen-bond acceptors (Lipinski definition) is 5. The number of carbonyl (C=O) groups excluding carboxylic acids is 1. The van der Waals surface area contributed by atoms with Crippen molar-refractivity contribution in [3.63, 3.8) is 0 Å². The molecule has 0 saturated heterocycles. The van der Waals surface area contributed by atoms with E-state index in [1.165, 1.54) is 0 Å². The number of hydrogen-bond donors (Lipinski definition) is 2. The van der Waals surface area contributed by atoms with Gasteiger partial charge in [-0.15, -0.1) is 0 Å². The molecule has 0 unspecified atom stereocenters. The van der Waals surface area contributed by atoms with Gasteiger partial charge in [0.2, 0.25) is 0 Å². The summed E-state index contributed by atoms with van der Waals surface area (Å²) in [7, 11) is 1.62. The van der Waals surface area contributed by atoms with E-state index in [0.29, 0.717) is 24.4 Å². The quantitative estimate of drug-likeness (QED) is 0.482. The number of aryl methyl sites for hydroxylation is 1. The number of benzene rings is 1. The highest BCUT2D eigenvalue weighted by atomic mass is 16.5. The van der Waals surface area contributed by atoms with E-state index in [9.17, 15) is 4.79 Å². The average molecular weight is 416 g/mol. The standard InChI is InChI=1S/C23H24N6O2/c1-15-19(16(2)29(28-15)22-9-4-5-11-24-22)10-12-25-23(30)21-14-20(26-27-21)17-7-6-8-18(13-17)31-3/h4-9,11,13-14H,10,12H2,1-3H3,(H,25,30)(H,26,27). The lowest BCUT2D eigenvalue weighted by Gasteiger charge is -2.06. The topological polar surface area (TPSA) is 97.7 Å². The van der Waals surface area contributed by atoms with Crippen LogP contribution in [0.2, 0.25) is 0 Å². The lowest BCUT2D eigenvalue weighted by Crippen LogP contribution is -2.26. The Labute approximate surface area is 180 Å². The number of aromatic amines is 1. The molecule has 0 bridgehead atoms. The lowest BCUT2D eigenvalue weighted by molar-refractivity contribution is 0.0949. The van der Waals surface area contributed by atoms with Crippen molar-refractivity contribution in [2.24, 2.45) is 0 Å². The second-order valence-electron chi connectivity index (χ2n) is 7.15. The molecule has 31 heavy (non-hydrogen) atoms. The molecule has 8 heteroatoms. The normalized spacial score (nSPS) is 10.8. The van der Waals surface area contributed by atoms with Gasteiger partial charge in [-0.3, -0.25) is 9.89 Å². The van der Waals surface area contributed by atoms with E-state index in [-0.39, 0.29) is 5.91 Å². The van der Waals surface area contributed by atoms with Crippen LogP contribution in [0.4, 0.5) is 0 Å². The maximum atomic E-state index is 12.6. The first-order valence-electron chi connectivity index (χ1n) is 10.0. The number of carbonyl (C=O) groups is 1. The second kappa shape index (κ2) is 8.83. The van der Waals surface area contributed by atoms with Crippen molar-refractivity contribution < 1.29 is 9.53 Å². The molecule has 3 aromatic heterocycles. The summed E-state index contributed by atoms with van der Waals surface area (Å²) in [6, 6.07) is 15.0. The van der Waals surface area contributed by atoms with Crippen LogP contribution in [0.25, 0.3) is 17.1 Å². The molecule has 0 radical (unpaired) electrons. The van der Waals surface area contributed by atoms with Gasteiger partial charge in [-0.05, 0) is 56.2 Å². The molecule has 4 rings (SSSR count). The lowest BCUT2D eigenvalue weighted by atomic mass is 10.1. The fraction of sp³-hybridized carbons (Fsp3) is 0.217. The summed E-state index contributed by atoms with van der Waals surface area (Å²) in [6.07, 6.45) is 2.42. The Morgan fingerprint density at radius 3 is 2.81 bits per heavy atom. The number of aromatic nitrogens is 5. The van der Waals surface area contributed by atoms with Gasteiger partial charge in [-0.2, -0.15) is 10.2 Å². The molecule has 0 atom stereocenters. The number of methoxy groups -OCH3 is 1. The van der Waals surface area contributed by atoms with E-state index < -0.39 is 0 Å². The van der Waals surface area contributed by atoms with E-state index in [2.05, 4.69) is 25.6 Å². The highest BCUT2D eigenvalue weighted by Crippen LogP contribution is 2.22. The van der Waals surface area contributed by atoms with E-state index in [4.69, 9.17) is 4.74 Å². The van der Waals surface area contributed by atoms with Crippen molar-refractivity contribution >= 4 is 5.91 Å². The van der Waals surface area contributed by atoms with E-state index in [1.54, 1.807) is 19.4 Å². The fourth-order valence-corrected chi connectivity index (χ4v) is 3.50. The molecule has 0 fully saturated rings. The summed E-state index contributed by atoms with van der Waals surface area (Å²) in [5.74, 6) is 1.32. The molecule has 0 aliphatic heterocycles. The third kappa shape index (κ3) is 4.32. The zero-order chi connectivity index (χ0) is 21.8. The van der Waals surface area contributed by atoms with Crippen molar-refractivity contribution in [3.8, 4) is 22.8 Å². The Hall–Kier alpha value is -3.94. The Morgan fingerprint density at radius 1 is 1.16 bits per heavy atom. The molecular formula is C23H24N6O2. The molecule has 8 nitrogen and oxygen atoms in total. The van der Waals surface area contributed by atoms with Crippen LogP contribution >= 0.6 is 0 Å². The number of nitrogens with one attached hydrogen (secondary N) is 2. The summed E-state index contributed by atoms with van der Waals surface area (Å²) in [4.78, 5) is 16.9. The first kappa shape index (κ1) is 20.3. The van der Waals surface area contributed by atoms with Crippen LogP contribution < -0.4 is 10.1 Å². The highest BCUT2D eigenvalue weighted by Gasteiger charge is 2.15. The minimum absolute atomic E-state index is 0.200. The smallest absolute Gasteiger partial charge is 0.269 e. The van der Waals surface area contributed by atoms with Gasteiger partial charge in [-0.1, -0.05) is 18.2 Å². The number of amides is 1. The largest absolute Gasteiger partial charge is 0.497 e. The van der Waals surface area contributed by atoms with Gasteiger partial charge in [0, 0.05) is 24.0 Å². The van der Waals surface area contributed by atoms with Crippen LogP contribution in [0.3, 0.4) is 0 Å². The molecule has 3 heterocycles. The second-order valence-corrected chi connectivity index (χ2v) is 7.15. The molecule has 4 aromatic rings. The zero-order valence-corrected chi connectivity index (χ0v) is 17.7. The Balaban J connectivity index is 1.40. The molecule has 158 valence electrons. The highest BCUT2D eigenvalue weighted by molar-refractivity contribution is 5.93. The average Bonchev–Trinajstić information content (AvgIpc) is 3.40. The number of pyridine rings is 1. The predicted octanol–water partition coefficient (Wildman–Crippen LogP) is 3.26. The van der Waals surface area contributed by atoms with Crippen LogP contribution in [0.15, 0.2) is 54.7 Å². The van der Waals surface area contributed by atoms with Crippen LogP contribution in [0, 0.1) is 13.8 Å². The summed E-state index contributed by atoms with van der Waals surface area (Å²) in [6.45, 7) is 4.47. The van der Waals surface area contributed by atoms with Crippen molar-refractivity contribution in [2.75, 3.05) is 13.7 Å². The maximum Gasteiger partial charge on any atom is 0.269 e. The molecule has 0 aliphatic carbocycles. The number of nitrogens with zero attached hydrogens (tertiary/aromatic N) is 4. The Morgan fingerprint density at radius 2 is 2.03 bits per heavy atom. The molecule has 1 aromatic carbocycles. The third-order valence-electron chi connectivity index (χ3n) is 5.16. The van der Waals surface area contributed by atoms with Gasteiger partial charge < -0.3 is 10.1 Å². The minimum atomic E-state index is -0.200. The SMILES string of the molecule is COc1cccc(-c2cc(C(=O)NCCc3c(C)nn(-c4ccccn4)c3C)[nH]n2)c1. The summed E-state index contributed by atoms with van der Waals surface area (Å²) in [5, 5.41) is 14.6. The maximum absolute atomic E-state index is 12.6. The van der Waals surface area contributed by atoms with Crippen molar-refractivity contribution in [2.45, 2.75) is 20.3 Å². The summed E-state index contributed by atoms with van der Waals surface area (Å²) >= 11 is 0. The van der Waals surface area contributed by atoms with E-state index >= 15 is 0 Å². The van der Waals surface area contributed by atoms with Gasteiger partial charge in [0.1, 0.15) is 11.4 Å². The molecule has 0 spiro atoms. The summed E-state index contributed by atoms with van der Waals surface area (Å²) < 4.78 is 7.08. The van der Waals surface area contributed by atoms with Gasteiger partial charge in [0.15, 0.2) is 5.82 Å². The molecule has 2 N–H and O–H groups in total. The number of rotatable bonds is 7. The molecule has 1 amide bonds. The molecular weight excluding hydrogens is 392 g/mol. The number of ether oxygens (including phenoxy) is 1. The van der Waals surface area contributed by atoms with Crippen LogP contribution in [-0.2, 0) is 6.42 Å². The van der Waals surface area contributed by atoms with Crippen molar-refractivity contribution in [3.05, 3.63) is 77.4 Å². The van der Waals surface area contributed by atoms with Gasteiger partial charge in [0.05, 0.1) is 18.5 Å². The van der Waals surface area contributed by atoms with Crippen LogP contribution in [0.1, 0.15) is 27.4 Å². The first-order valence-corrected chi connectivity index (χ1v) is 10.0. The van der Waals surface area contributed by atoms with Gasteiger partial charge in [-0.25, -0.2) is 9.67 Å². The van der Waals surface area contributed by atoms with Crippen LogP contribution in [-0.4, -0.2) is 44.5 Å². The van der Waals surface area contributed by atoms with Gasteiger partial charge >= 0.3 is 0 Å². The van der Waals surface area contributed by atoms with Crippen molar-refractivity contribution in [1.82, 2.24) is 30.3 Å². The van der Waals surface area contributed by atoms with Gasteiger partial charge in [0.25, 0.3) is 5.91 Å².